The van der Waals surface area contributed by atoms with Crippen molar-refractivity contribution in [2.24, 2.45) is 10.2 Å². The molecule has 2 heterocycles. The summed E-state index contributed by atoms with van der Waals surface area (Å²) >= 11 is 2.95. The van der Waals surface area contributed by atoms with Gasteiger partial charge in [0.2, 0.25) is 21.8 Å². The summed E-state index contributed by atoms with van der Waals surface area (Å²) in [6.07, 6.45) is 7.03. The van der Waals surface area contributed by atoms with Gasteiger partial charge in [0, 0.05) is 33.0 Å². The number of hydrogen-bond donors (Lipinski definition) is 2. The van der Waals surface area contributed by atoms with E-state index in [9.17, 15) is 0 Å². The minimum absolute atomic E-state index is 0.226. The van der Waals surface area contributed by atoms with Crippen LogP contribution in [0, 0.1) is 0 Å². The van der Waals surface area contributed by atoms with Crippen LogP contribution >= 0.6 is 22.7 Å². The Bertz CT molecular complexity index is 2670. The van der Waals surface area contributed by atoms with E-state index in [1.54, 1.807) is 40.9 Å². The molecule has 14 heteroatoms. The number of hydrogen-bond acceptors (Lipinski definition) is 14. The Morgan fingerprint density at radius 3 is 1.14 bits per heavy atom. The average Bonchev–Trinajstić information content (AvgIpc) is 4.06. The van der Waals surface area contributed by atoms with E-state index in [4.69, 9.17) is 38.4 Å². The zero-order valence-corrected chi connectivity index (χ0v) is 38.3. The summed E-state index contributed by atoms with van der Waals surface area (Å²) in [6, 6.07) is 44.6. The highest BCUT2D eigenvalue weighted by atomic mass is 32.1. The molecule has 0 amide bonds. The van der Waals surface area contributed by atoms with Gasteiger partial charge in [0.25, 0.3) is 0 Å². The van der Waals surface area contributed by atoms with Crippen molar-refractivity contribution in [1.82, 2.24) is 9.97 Å². The number of nitrogens with zero attached hydrogens (tertiary/aromatic N) is 4. The Hall–Kier alpha value is -7.94. The van der Waals surface area contributed by atoms with Crippen LogP contribution in [0.5, 0.6) is 34.5 Å². The van der Waals surface area contributed by atoms with Crippen LogP contribution in [0.15, 0.2) is 167 Å². The number of hydrazone groups is 2. The van der Waals surface area contributed by atoms with Crippen LogP contribution in [0.4, 0.5) is 10.3 Å². The maximum atomic E-state index is 6.09. The summed E-state index contributed by atoms with van der Waals surface area (Å²) in [5.74, 6) is 2.88. The molecule has 0 aliphatic heterocycles. The monoisotopic (exact) mass is 914 g/mol. The molecule has 0 aliphatic rings. The van der Waals surface area contributed by atoms with Crippen LogP contribution in [-0.2, 0) is 0 Å². The number of anilines is 2. The maximum Gasteiger partial charge on any atom is 0.203 e. The normalized spacial score (nSPS) is 11.3. The van der Waals surface area contributed by atoms with Crippen molar-refractivity contribution in [2.45, 2.75) is 0 Å². The van der Waals surface area contributed by atoms with Crippen molar-refractivity contribution in [3.8, 4) is 79.3 Å². The van der Waals surface area contributed by atoms with Gasteiger partial charge in [-0.05, 0) is 58.7 Å². The van der Waals surface area contributed by atoms with Crippen LogP contribution in [0.25, 0.3) is 44.8 Å². The Morgan fingerprint density at radius 2 is 0.788 bits per heavy atom. The first kappa shape index (κ1) is 44.7. The van der Waals surface area contributed by atoms with Gasteiger partial charge in [-0.1, -0.05) is 109 Å². The van der Waals surface area contributed by atoms with Crippen LogP contribution < -0.4 is 39.3 Å². The lowest BCUT2D eigenvalue weighted by atomic mass is 10.0. The molecule has 66 heavy (non-hydrogen) atoms. The first-order valence-electron chi connectivity index (χ1n) is 20.8. The maximum absolute atomic E-state index is 6.09. The summed E-state index contributed by atoms with van der Waals surface area (Å²) in [5.41, 5.74) is 16.0. The number of aromatic nitrogens is 2. The Labute approximate surface area is 391 Å². The van der Waals surface area contributed by atoms with Gasteiger partial charge in [0.1, 0.15) is 13.2 Å². The van der Waals surface area contributed by atoms with E-state index in [-0.39, 0.29) is 13.2 Å². The van der Waals surface area contributed by atoms with Gasteiger partial charge in [-0.25, -0.2) is 9.97 Å². The molecule has 2 N–H and O–H groups in total. The predicted octanol–water partition coefficient (Wildman–Crippen LogP) is 12.2. The third kappa shape index (κ3) is 11.2. The first-order chi connectivity index (χ1) is 32.5. The Balaban J connectivity index is 0.820. The standard InChI is InChI=1S/C52H46N6O6S2/c1-59-45-27-35(31-53-57-51-55-43(33-65-51)41-21-17-39(18-22-41)37-13-7-5-8-14-37)28-46(60-2)49(45)63-25-11-12-26-64-50-47(61-3)29-36(30-48(50)62-4)32-54-58-52-56-44(34-66-52)42-23-19-40(20-24-42)38-15-9-6-10-16-38/h5-24,27-34H,25-26H2,1-4H3,(H,55,57)(H,56,58)/b12-11+,53-31+,54-32+. The molecule has 0 unspecified atom stereocenters. The van der Waals surface area contributed by atoms with Gasteiger partial charge >= 0.3 is 0 Å². The lowest BCUT2D eigenvalue weighted by Crippen LogP contribution is -2.03. The van der Waals surface area contributed by atoms with E-state index in [0.29, 0.717) is 44.8 Å². The van der Waals surface area contributed by atoms with Crippen molar-refractivity contribution in [1.29, 1.82) is 0 Å². The third-order valence-electron chi connectivity index (χ3n) is 10.1. The highest BCUT2D eigenvalue weighted by Crippen LogP contribution is 2.40. The zero-order valence-electron chi connectivity index (χ0n) is 36.6. The van der Waals surface area contributed by atoms with Crippen LogP contribution in [0.3, 0.4) is 0 Å². The topological polar surface area (TPSA) is 130 Å². The smallest absolute Gasteiger partial charge is 0.203 e. The molecule has 0 saturated heterocycles. The van der Waals surface area contributed by atoms with E-state index in [1.807, 2.05) is 83.6 Å². The van der Waals surface area contributed by atoms with Crippen molar-refractivity contribution in [2.75, 3.05) is 52.5 Å². The number of thiazole rings is 2. The summed E-state index contributed by atoms with van der Waals surface area (Å²) < 4.78 is 34.9. The average molecular weight is 915 g/mol. The van der Waals surface area contributed by atoms with E-state index < -0.39 is 0 Å². The highest BCUT2D eigenvalue weighted by molar-refractivity contribution is 7.14. The largest absolute Gasteiger partial charge is 0.493 e. The molecule has 0 atom stereocenters. The third-order valence-corrected chi connectivity index (χ3v) is 11.6. The number of benzene rings is 6. The van der Waals surface area contributed by atoms with E-state index >= 15 is 0 Å². The second-order valence-electron chi connectivity index (χ2n) is 14.3. The van der Waals surface area contributed by atoms with Crippen LogP contribution in [0.1, 0.15) is 11.1 Å². The fourth-order valence-electron chi connectivity index (χ4n) is 6.80. The lowest BCUT2D eigenvalue weighted by Gasteiger charge is -2.15. The Morgan fingerprint density at radius 1 is 0.455 bits per heavy atom. The second-order valence-corrected chi connectivity index (χ2v) is 16.0. The molecule has 0 spiro atoms. The second kappa shape index (κ2) is 22.1. The quantitative estimate of drug-likeness (QED) is 0.0433. The molecule has 8 aromatic rings. The summed E-state index contributed by atoms with van der Waals surface area (Å²) in [6.45, 7) is 0.453. The lowest BCUT2D eigenvalue weighted by molar-refractivity contribution is 0.294. The molecule has 0 radical (unpaired) electrons. The fraction of sp³-hybridized carbons (Fsp3) is 0.115. The van der Waals surface area contributed by atoms with Gasteiger partial charge in [0.15, 0.2) is 23.0 Å². The minimum Gasteiger partial charge on any atom is -0.493 e. The first-order valence-corrected chi connectivity index (χ1v) is 22.5. The van der Waals surface area contributed by atoms with Crippen molar-refractivity contribution in [3.05, 3.63) is 167 Å². The molecule has 8 rings (SSSR count). The summed E-state index contributed by atoms with van der Waals surface area (Å²) in [4.78, 5) is 9.42. The molecule has 0 bridgehead atoms. The molecule has 2 aromatic heterocycles. The van der Waals surface area contributed by atoms with E-state index in [2.05, 4.69) is 93.9 Å². The van der Waals surface area contributed by atoms with E-state index in [1.165, 1.54) is 33.8 Å². The molecule has 0 aliphatic carbocycles. The highest BCUT2D eigenvalue weighted by Gasteiger charge is 2.16. The van der Waals surface area contributed by atoms with Crippen molar-refractivity contribution >= 4 is 45.4 Å². The molecular weight excluding hydrogens is 869 g/mol. The van der Waals surface area contributed by atoms with Gasteiger partial charge in [-0.15, -0.1) is 22.7 Å². The number of nitrogens with one attached hydrogen (secondary N) is 2. The van der Waals surface area contributed by atoms with Crippen molar-refractivity contribution in [3.63, 3.8) is 0 Å². The van der Waals surface area contributed by atoms with Crippen LogP contribution in [-0.4, -0.2) is 64.1 Å². The van der Waals surface area contributed by atoms with Gasteiger partial charge < -0.3 is 28.4 Å². The number of rotatable bonds is 20. The predicted molar refractivity (Wildman–Crippen MR) is 268 cm³/mol. The Kier molecular flexibility index (Phi) is 15.0. The van der Waals surface area contributed by atoms with E-state index in [0.717, 1.165) is 44.8 Å². The molecule has 0 saturated carbocycles. The SMILES string of the molecule is COc1cc(/C=N/Nc2nc(-c3ccc(-c4ccccc4)cc3)cs2)cc(OC)c1OC/C=C/COc1c(OC)cc(/C=N/Nc2nc(-c3ccc(-c4ccccc4)cc3)cs2)cc1OC. The minimum atomic E-state index is 0.226. The summed E-state index contributed by atoms with van der Waals surface area (Å²) in [7, 11) is 6.30. The molecule has 332 valence electrons. The van der Waals surface area contributed by atoms with Gasteiger partial charge in [-0.2, -0.15) is 10.2 Å². The van der Waals surface area contributed by atoms with Crippen molar-refractivity contribution < 1.29 is 28.4 Å². The fourth-order valence-corrected chi connectivity index (χ4v) is 8.14. The zero-order chi connectivity index (χ0) is 45.5. The molecule has 12 nitrogen and oxygen atoms in total. The number of ether oxygens (including phenoxy) is 6. The van der Waals surface area contributed by atoms with Gasteiger partial charge in [-0.3, -0.25) is 10.9 Å². The molecule has 6 aromatic carbocycles. The number of methoxy groups -OCH3 is 4. The molecular formula is C52H46N6O6S2. The van der Waals surface area contributed by atoms with Gasteiger partial charge in [0.05, 0.1) is 52.3 Å². The summed E-state index contributed by atoms with van der Waals surface area (Å²) in [5, 5.41) is 14.2. The van der Waals surface area contributed by atoms with Crippen LogP contribution in [0.2, 0.25) is 0 Å². The molecule has 0 fully saturated rings.